The number of benzene rings is 1. The summed E-state index contributed by atoms with van der Waals surface area (Å²) in [4.78, 5) is 21.2. The molecular formula is C24H25ClN6O2S. The first kappa shape index (κ1) is 21.9. The first-order valence-corrected chi connectivity index (χ1v) is 13.3. The maximum atomic E-state index is 12.7. The second-order valence-corrected chi connectivity index (χ2v) is 11.2. The van der Waals surface area contributed by atoms with Gasteiger partial charge in [0.1, 0.15) is 10.7 Å². The number of halogens is 1. The molecular weight excluding hydrogens is 472 g/mol. The summed E-state index contributed by atoms with van der Waals surface area (Å²) < 4.78 is 12.7. The minimum Gasteiger partial charge on any atom is -0.394 e. The zero-order valence-electron chi connectivity index (χ0n) is 18.6. The van der Waals surface area contributed by atoms with Crippen LogP contribution in [-0.4, -0.2) is 53.7 Å². The molecule has 1 aliphatic carbocycles. The molecule has 0 bridgehead atoms. The molecule has 2 N–H and O–H groups in total. The van der Waals surface area contributed by atoms with Gasteiger partial charge in [0.2, 0.25) is 5.95 Å². The second kappa shape index (κ2) is 8.55. The number of nitrogens with one attached hydrogen (secondary N) is 1. The Morgan fingerprint density at radius 1 is 1.15 bits per heavy atom. The fraction of sp³-hybridized carbons (Fsp3) is 0.417. The summed E-state index contributed by atoms with van der Waals surface area (Å²) >= 11 is 5.92. The summed E-state index contributed by atoms with van der Waals surface area (Å²) in [6, 6.07) is 6.30. The van der Waals surface area contributed by atoms with Crippen molar-refractivity contribution >= 4 is 34.2 Å². The smallest absolute Gasteiger partial charge is 0.227 e. The van der Waals surface area contributed by atoms with Gasteiger partial charge in [0.15, 0.2) is 5.82 Å². The van der Waals surface area contributed by atoms with E-state index in [0.717, 1.165) is 43.5 Å². The molecule has 1 saturated carbocycles. The van der Waals surface area contributed by atoms with Crippen molar-refractivity contribution in [3.05, 3.63) is 52.4 Å². The van der Waals surface area contributed by atoms with Crippen LogP contribution in [0, 0.1) is 0 Å². The number of fused-ring (bicyclic) bond motifs is 2. The summed E-state index contributed by atoms with van der Waals surface area (Å²) in [6.45, 7) is 1.53. The van der Waals surface area contributed by atoms with E-state index in [0.29, 0.717) is 46.2 Å². The van der Waals surface area contributed by atoms with Crippen LogP contribution in [0.15, 0.2) is 35.5 Å². The maximum absolute atomic E-state index is 12.7. The van der Waals surface area contributed by atoms with Gasteiger partial charge in [0, 0.05) is 43.2 Å². The van der Waals surface area contributed by atoms with E-state index in [1.165, 1.54) is 11.1 Å². The Balaban J connectivity index is 1.29. The normalized spacial score (nSPS) is 20.4. The van der Waals surface area contributed by atoms with Crippen LogP contribution in [0.2, 0.25) is 5.02 Å². The number of nitrogens with zero attached hydrogens (tertiary/aromatic N) is 5. The number of aliphatic hydroxyl groups excluding tert-OH is 1. The maximum Gasteiger partial charge on any atom is 0.227 e. The van der Waals surface area contributed by atoms with Gasteiger partial charge in [0.25, 0.3) is 0 Å². The molecule has 10 heteroatoms. The van der Waals surface area contributed by atoms with E-state index in [2.05, 4.69) is 32.3 Å². The molecule has 1 fully saturated rings. The molecule has 0 spiro atoms. The Bertz CT molecular complexity index is 1280. The van der Waals surface area contributed by atoms with Crippen LogP contribution in [0.3, 0.4) is 0 Å². The van der Waals surface area contributed by atoms with Crippen molar-refractivity contribution < 1.29 is 9.32 Å². The lowest BCUT2D eigenvalue weighted by atomic mass is 9.77. The van der Waals surface area contributed by atoms with Gasteiger partial charge >= 0.3 is 0 Å². The van der Waals surface area contributed by atoms with E-state index < -0.39 is 10.8 Å². The standard InChI is InChI=1S/C24H25ClN6O2S/c25-18-11-26-21(27-12-18)16-2-3-17-13-31(8-4-15(17)10-16)23-28-19-5-9-34(33)20(19)22(29-23)30-24(14-32)6-1-7-24/h2-3,10-12,32H,1,4-9,13-14H2,(H,28,29,30)/t34-/m0/s1. The molecule has 0 unspecified atom stereocenters. The lowest BCUT2D eigenvalue weighted by Crippen LogP contribution is -2.48. The zero-order chi connectivity index (χ0) is 23.3. The first-order chi connectivity index (χ1) is 16.5. The molecule has 34 heavy (non-hydrogen) atoms. The van der Waals surface area contributed by atoms with Crippen LogP contribution in [0.25, 0.3) is 11.4 Å². The Kier molecular flexibility index (Phi) is 5.50. The van der Waals surface area contributed by atoms with Crippen molar-refractivity contribution in [2.75, 3.05) is 29.1 Å². The second-order valence-electron chi connectivity index (χ2n) is 9.24. The molecule has 4 heterocycles. The van der Waals surface area contributed by atoms with Crippen LogP contribution in [0.5, 0.6) is 0 Å². The van der Waals surface area contributed by atoms with Crippen molar-refractivity contribution in [2.24, 2.45) is 0 Å². The molecule has 1 aromatic carbocycles. The third-order valence-electron chi connectivity index (χ3n) is 7.05. The topological polar surface area (TPSA) is 104 Å². The SMILES string of the molecule is O=[S@]1CCc2nc(N3CCc4cc(-c5ncc(Cl)cn5)ccc4C3)nc(NC3(CO)CCC3)c21. The monoisotopic (exact) mass is 496 g/mol. The Hall–Kier alpha value is -2.62. The minimum atomic E-state index is -1.10. The predicted molar refractivity (Wildman–Crippen MR) is 132 cm³/mol. The number of aromatic nitrogens is 4. The molecule has 2 aliphatic heterocycles. The lowest BCUT2D eigenvalue weighted by molar-refractivity contribution is 0.143. The van der Waals surface area contributed by atoms with Gasteiger partial charge in [0.05, 0.1) is 33.7 Å². The van der Waals surface area contributed by atoms with Gasteiger partial charge in [-0.15, -0.1) is 0 Å². The number of rotatable bonds is 5. The summed E-state index contributed by atoms with van der Waals surface area (Å²) in [5.41, 5.74) is 3.96. The van der Waals surface area contributed by atoms with Gasteiger partial charge < -0.3 is 15.3 Å². The quantitative estimate of drug-likeness (QED) is 0.555. The van der Waals surface area contributed by atoms with E-state index >= 15 is 0 Å². The Morgan fingerprint density at radius 2 is 1.97 bits per heavy atom. The molecule has 6 rings (SSSR count). The summed E-state index contributed by atoms with van der Waals surface area (Å²) in [5, 5.41) is 13.9. The first-order valence-electron chi connectivity index (χ1n) is 11.6. The van der Waals surface area contributed by atoms with Crippen molar-refractivity contribution in [1.82, 2.24) is 19.9 Å². The van der Waals surface area contributed by atoms with Gasteiger partial charge in [-0.3, -0.25) is 4.21 Å². The molecule has 0 radical (unpaired) electrons. The van der Waals surface area contributed by atoms with Crippen molar-refractivity contribution in [3.63, 3.8) is 0 Å². The average Bonchev–Trinajstić information content (AvgIpc) is 3.22. The number of aliphatic hydroxyl groups is 1. The van der Waals surface area contributed by atoms with E-state index in [1.54, 1.807) is 12.4 Å². The van der Waals surface area contributed by atoms with Gasteiger partial charge in [-0.1, -0.05) is 23.7 Å². The highest BCUT2D eigenvalue weighted by atomic mass is 35.5. The number of hydrogen-bond donors (Lipinski definition) is 2. The van der Waals surface area contributed by atoms with Crippen molar-refractivity contribution in [1.29, 1.82) is 0 Å². The fourth-order valence-corrected chi connectivity index (χ4v) is 6.31. The van der Waals surface area contributed by atoms with E-state index in [4.69, 9.17) is 21.6 Å². The number of anilines is 2. The largest absolute Gasteiger partial charge is 0.394 e. The number of hydrogen-bond acceptors (Lipinski definition) is 8. The minimum absolute atomic E-state index is 0.0461. The fourth-order valence-electron chi connectivity index (χ4n) is 4.91. The summed E-state index contributed by atoms with van der Waals surface area (Å²) in [6.07, 6.45) is 7.61. The van der Waals surface area contributed by atoms with Gasteiger partial charge in [-0.05, 0) is 42.9 Å². The van der Waals surface area contributed by atoms with Crippen LogP contribution in [0.4, 0.5) is 11.8 Å². The van der Waals surface area contributed by atoms with E-state index in [9.17, 15) is 9.32 Å². The Morgan fingerprint density at radius 3 is 2.71 bits per heavy atom. The van der Waals surface area contributed by atoms with Crippen LogP contribution < -0.4 is 10.2 Å². The third kappa shape index (κ3) is 3.85. The summed E-state index contributed by atoms with van der Waals surface area (Å²) in [7, 11) is -1.10. The van der Waals surface area contributed by atoms with E-state index in [1.807, 2.05) is 6.07 Å². The van der Waals surface area contributed by atoms with Crippen molar-refractivity contribution in [3.8, 4) is 11.4 Å². The highest BCUT2D eigenvalue weighted by Crippen LogP contribution is 2.38. The predicted octanol–water partition coefficient (Wildman–Crippen LogP) is 3.14. The lowest BCUT2D eigenvalue weighted by Gasteiger charge is -2.41. The molecule has 176 valence electrons. The zero-order valence-corrected chi connectivity index (χ0v) is 20.2. The van der Waals surface area contributed by atoms with Gasteiger partial charge in [-0.25, -0.2) is 15.0 Å². The number of aryl methyl sites for hydroxylation is 1. The third-order valence-corrected chi connectivity index (χ3v) is 8.71. The summed E-state index contributed by atoms with van der Waals surface area (Å²) in [5.74, 6) is 2.52. The molecule has 3 aromatic rings. The molecule has 0 saturated heterocycles. The highest BCUT2D eigenvalue weighted by Gasteiger charge is 2.39. The van der Waals surface area contributed by atoms with E-state index in [-0.39, 0.29) is 12.1 Å². The molecule has 1 atom stereocenters. The Labute approximate surface area is 205 Å². The van der Waals surface area contributed by atoms with Crippen LogP contribution in [0.1, 0.15) is 36.1 Å². The molecule has 8 nitrogen and oxygen atoms in total. The molecule has 0 amide bonds. The molecule has 3 aliphatic rings. The van der Waals surface area contributed by atoms with Crippen LogP contribution in [-0.2, 0) is 30.2 Å². The average molecular weight is 497 g/mol. The molecule has 2 aromatic heterocycles. The van der Waals surface area contributed by atoms with Gasteiger partial charge in [-0.2, -0.15) is 4.98 Å². The highest BCUT2D eigenvalue weighted by molar-refractivity contribution is 7.85. The van der Waals surface area contributed by atoms with Crippen molar-refractivity contribution in [2.45, 2.75) is 49.1 Å². The van der Waals surface area contributed by atoms with Crippen LogP contribution >= 0.6 is 11.6 Å².